The summed E-state index contributed by atoms with van der Waals surface area (Å²) < 4.78 is 11.6. The van der Waals surface area contributed by atoms with Gasteiger partial charge in [0.25, 0.3) is 5.91 Å². The lowest BCUT2D eigenvalue weighted by molar-refractivity contribution is -0.149. The van der Waals surface area contributed by atoms with Crippen molar-refractivity contribution in [2.45, 2.75) is 71.5 Å². The summed E-state index contributed by atoms with van der Waals surface area (Å²) in [6.07, 6.45) is 3.94. The van der Waals surface area contributed by atoms with Gasteiger partial charge in [-0.25, -0.2) is 4.79 Å². The summed E-state index contributed by atoms with van der Waals surface area (Å²) in [6, 6.07) is 3.70. The molecule has 0 spiro atoms. The molecule has 6 heteroatoms. The third-order valence-electron chi connectivity index (χ3n) is 7.05. The van der Waals surface area contributed by atoms with Crippen LogP contribution in [0.25, 0.3) is 11.0 Å². The first-order valence-electron chi connectivity index (χ1n) is 10.9. The molecule has 4 rings (SSSR count). The number of likely N-dealkylation sites (tertiary alicyclic amines) is 1. The van der Waals surface area contributed by atoms with E-state index in [-0.39, 0.29) is 17.5 Å². The highest BCUT2D eigenvalue weighted by Crippen LogP contribution is 2.40. The van der Waals surface area contributed by atoms with Crippen molar-refractivity contribution in [2.24, 2.45) is 5.92 Å². The number of benzene rings is 1. The monoisotopic (exact) mass is 413 g/mol. The van der Waals surface area contributed by atoms with Gasteiger partial charge in [0.2, 0.25) is 0 Å². The number of rotatable bonds is 3. The molecule has 2 aromatic rings. The number of aryl methyl sites for hydroxylation is 2. The topological polar surface area (TPSA) is 80.0 Å². The molecule has 1 aliphatic carbocycles. The van der Waals surface area contributed by atoms with Gasteiger partial charge in [-0.05, 0) is 70.2 Å². The Balaban J connectivity index is 1.57. The Hall–Kier alpha value is -2.34. The van der Waals surface area contributed by atoms with Crippen LogP contribution in [-0.2, 0) is 4.79 Å². The van der Waals surface area contributed by atoms with E-state index in [0.29, 0.717) is 36.4 Å². The van der Waals surface area contributed by atoms with Crippen LogP contribution < -0.4 is 10.4 Å². The first kappa shape index (κ1) is 20.9. The molecule has 2 heterocycles. The van der Waals surface area contributed by atoms with Crippen LogP contribution in [0.3, 0.4) is 0 Å². The molecule has 1 saturated heterocycles. The molecular formula is C24H31NO5. The van der Waals surface area contributed by atoms with Crippen molar-refractivity contribution < 1.29 is 19.1 Å². The summed E-state index contributed by atoms with van der Waals surface area (Å²) in [7, 11) is 0. The standard InChI is InChI=1S/C24H31NO5/c1-14-11-19(21-15(2)16(3)23(27)30-20(21)12-14)29-17(4)22(26)25-10-9-24(28)8-6-5-7-18(24)13-25/h11-12,17-18,28H,5-10,13H2,1-4H3/t17-,18+,24+/m1/s1. The SMILES string of the molecule is Cc1cc(O[C@H](C)C(=O)N2CC[C@@]3(O)CCCC[C@H]3C2)c2c(C)c(C)c(=O)oc2c1. The van der Waals surface area contributed by atoms with Crippen LogP contribution in [0.5, 0.6) is 5.75 Å². The molecule has 1 aromatic heterocycles. The number of fused-ring (bicyclic) bond motifs is 2. The number of carbonyl (C=O) groups excluding carboxylic acids is 1. The van der Waals surface area contributed by atoms with Gasteiger partial charge in [-0.15, -0.1) is 0 Å². The number of hydrogen-bond acceptors (Lipinski definition) is 5. The lowest BCUT2D eigenvalue weighted by Crippen LogP contribution is -2.56. The minimum Gasteiger partial charge on any atom is -0.480 e. The Bertz CT molecular complexity index is 1040. The first-order chi connectivity index (χ1) is 14.2. The minimum absolute atomic E-state index is 0.0657. The zero-order valence-electron chi connectivity index (χ0n) is 18.3. The number of amides is 1. The zero-order valence-corrected chi connectivity index (χ0v) is 18.3. The van der Waals surface area contributed by atoms with Crippen LogP contribution in [0, 0.1) is 26.7 Å². The van der Waals surface area contributed by atoms with Crippen molar-refractivity contribution in [1.29, 1.82) is 0 Å². The molecule has 1 aromatic carbocycles. The molecule has 3 atom stereocenters. The number of nitrogens with zero attached hydrogens (tertiary/aromatic N) is 1. The van der Waals surface area contributed by atoms with Gasteiger partial charge in [0.15, 0.2) is 6.10 Å². The van der Waals surface area contributed by atoms with E-state index < -0.39 is 11.7 Å². The molecule has 2 fully saturated rings. The van der Waals surface area contributed by atoms with E-state index in [1.54, 1.807) is 13.8 Å². The summed E-state index contributed by atoms with van der Waals surface area (Å²) in [6.45, 7) is 8.42. The predicted molar refractivity (Wildman–Crippen MR) is 115 cm³/mol. The number of aliphatic hydroxyl groups is 1. The lowest BCUT2D eigenvalue weighted by atomic mass is 9.71. The molecular weight excluding hydrogens is 382 g/mol. The molecule has 1 aliphatic heterocycles. The highest BCUT2D eigenvalue weighted by atomic mass is 16.5. The maximum atomic E-state index is 13.2. The van der Waals surface area contributed by atoms with Gasteiger partial charge in [-0.2, -0.15) is 0 Å². The van der Waals surface area contributed by atoms with E-state index in [9.17, 15) is 14.7 Å². The third-order valence-corrected chi connectivity index (χ3v) is 7.05. The van der Waals surface area contributed by atoms with Crippen molar-refractivity contribution in [2.75, 3.05) is 13.1 Å². The van der Waals surface area contributed by atoms with Gasteiger partial charge < -0.3 is 19.2 Å². The van der Waals surface area contributed by atoms with E-state index in [0.717, 1.165) is 42.2 Å². The van der Waals surface area contributed by atoms with E-state index >= 15 is 0 Å². The van der Waals surface area contributed by atoms with Crippen LogP contribution in [0.1, 0.15) is 55.7 Å². The average Bonchev–Trinajstić information content (AvgIpc) is 2.70. The predicted octanol–water partition coefficient (Wildman–Crippen LogP) is 3.64. The molecule has 0 radical (unpaired) electrons. The van der Waals surface area contributed by atoms with Crippen LogP contribution in [0.2, 0.25) is 0 Å². The molecule has 1 N–H and O–H groups in total. The van der Waals surface area contributed by atoms with Crippen molar-refractivity contribution in [3.8, 4) is 5.75 Å². The summed E-state index contributed by atoms with van der Waals surface area (Å²) in [5.41, 5.74) is 1.76. The van der Waals surface area contributed by atoms with Crippen LogP contribution in [0.4, 0.5) is 0 Å². The third kappa shape index (κ3) is 3.62. The largest absolute Gasteiger partial charge is 0.480 e. The fourth-order valence-corrected chi connectivity index (χ4v) is 5.05. The molecule has 30 heavy (non-hydrogen) atoms. The van der Waals surface area contributed by atoms with Gasteiger partial charge in [0.1, 0.15) is 11.3 Å². The number of hydrogen-bond donors (Lipinski definition) is 1. The fourth-order valence-electron chi connectivity index (χ4n) is 5.05. The van der Waals surface area contributed by atoms with E-state index in [1.807, 2.05) is 30.9 Å². The summed E-state index contributed by atoms with van der Waals surface area (Å²) in [5.74, 6) is 0.639. The second-order valence-electron chi connectivity index (χ2n) is 9.12. The molecule has 1 saturated carbocycles. The van der Waals surface area contributed by atoms with Crippen LogP contribution in [-0.4, -0.2) is 40.7 Å². The smallest absolute Gasteiger partial charge is 0.339 e. The number of ether oxygens (including phenoxy) is 1. The van der Waals surface area contributed by atoms with E-state index in [4.69, 9.17) is 9.15 Å². The van der Waals surface area contributed by atoms with Crippen LogP contribution in [0.15, 0.2) is 21.3 Å². The second-order valence-corrected chi connectivity index (χ2v) is 9.12. The van der Waals surface area contributed by atoms with Crippen LogP contribution >= 0.6 is 0 Å². The Labute approximate surface area is 176 Å². The van der Waals surface area contributed by atoms with Crippen molar-refractivity contribution >= 4 is 16.9 Å². The molecule has 1 amide bonds. The highest BCUT2D eigenvalue weighted by molar-refractivity contribution is 5.89. The van der Waals surface area contributed by atoms with Gasteiger partial charge in [0, 0.05) is 24.6 Å². The fraction of sp³-hybridized carbons (Fsp3) is 0.583. The molecule has 0 bridgehead atoms. The molecule has 162 valence electrons. The quantitative estimate of drug-likeness (QED) is 0.777. The van der Waals surface area contributed by atoms with E-state index in [2.05, 4.69) is 0 Å². The zero-order chi connectivity index (χ0) is 21.6. The second kappa shape index (κ2) is 7.73. The lowest BCUT2D eigenvalue weighted by Gasteiger charge is -2.47. The summed E-state index contributed by atoms with van der Waals surface area (Å²) in [5, 5.41) is 11.6. The molecule has 2 aliphatic rings. The summed E-state index contributed by atoms with van der Waals surface area (Å²) in [4.78, 5) is 27.1. The van der Waals surface area contributed by atoms with Gasteiger partial charge in [-0.3, -0.25) is 4.79 Å². The Morgan fingerprint density at radius 2 is 2.00 bits per heavy atom. The maximum absolute atomic E-state index is 13.2. The van der Waals surface area contributed by atoms with Gasteiger partial charge in [-0.1, -0.05) is 12.8 Å². The van der Waals surface area contributed by atoms with Gasteiger partial charge in [0.05, 0.1) is 11.0 Å². The molecule has 6 nitrogen and oxygen atoms in total. The van der Waals surface area contributed by atoms with Crippen molar-refractivity contribution in [1.82, 2.24) is 4.90 Å². The Morgan fingerprint density at radius 3 is 2.77 bits per heavy atom. The van der Waals surface area contributed by atoms with Crippen molar-refractivity contribution in [3.05, 3.63) is 39.2 Å². The minimum atomic E-state index is -0.670. The number of carbonyl (C=O) groups is 1. The van der Waals surface area contributed by atoms with Gasteiger partial charge >= 0.3 is 5.63 Å². The first-order valence-corrected chi connectivity index (χ1v) is 10.9. The van der Waals surface area contributed by atoms with E-state index in [1.165, 1.54) is 0 Å². The number of piperidine rings is 1. The summed E-state index contributed by atoms with van der Waals surface area (Å²) >= 11 is 0. The average molecular weight is 414 g/mol. The Kier molecular flexibility index (Phi) is 5.39. The normalized spacial score (nSPS) is 25.1. The van der Waals surface area contributed by atoms with Crippen molar-refractivity contribution in [3.63, 3.8) is 0 Å². The maximum Gasteiger partial charge on any atom is 0.339 e. The highest BCUT2D eigenvalue weighted by Gasteiger charge is 2.44. The molecule has 0 unspecified atom stereocenters. The Morgan fingerprint density at radius 1 is 1.23 bits per heavy atom.